The van der Waals surface area contributed by atoms with Gasteiger partial charge in [-0.3, -0.25) is 9.59 Å². The van der Waals surface area contributed by atoms with Crippen LogP contribution in [0, 0.1) is 6.92 Å². The molecule has 0 radical (unpaired) electrons. The third kappa shape index (κ3) is 4.82. The molecule has 0 aliphatic carbocycles. The van der Waals surface area contributed by atoms with Crippen LogP contribution < -0.4 is 0 Å². The smallest absolute Gasteiger partial charge is 0.251 e. The molecule has 1 aromatic rings. The highest BCUT2D eigenvalue weighted by Gasteiger charge is 2.29. The minimum Gasteiger partial charge on any atom is -0.368 e. The lowest BCUT2D eigenvalue weighted by atomic mass is 10.1. The van der Waals surface area contributed by atoms with Crippen LogP contribution in [0.3, 0.4) is 0 Å². The standard InChI is InChI=1S/C20H28N2O3/c1-16-5-2-6-17(15-16)8-9-19(23)21-10-4-11-22(13-12-21)20(24)18-7-3-14-25-18/h2,5-6,15,18H,3-4,7-14H2,1H3. The highest BCUT2D eigenvalue weighted by Crippen LogP contribution is 2.16. The van der Waals surface area contributed by atoms with Gasteiger partial charge in [0, 0.05) is 39.2 Å². The van der Waals surface area contributed by atoms with Gasteiger partial charge in [0.25, 0.3) is 5.91 Å². The summed E-state index contributed by atoms with van der Waals surface area (Å²) in [6, 6.07) is 8.32. The Morgan fingerprint density at radius 3 is 2.68 bits per heavy atom. The molecule has 2 aliphatic heterocycles. The summed E-state index contributed by atoms with van der Waals surface area (Å²) >= 11 is 0. The molecule has 5 nitrogen and oxygen atoms in total. The molecule has 2 amide bonds. The third-order valence-corrected chi connectivity index (χ3v) is 5.08. The predicted octanol–water partition coefficient (Wildman–Crippen LogP) is 2.17. The van der Waals surface area contributed by atoms with Crippen molar-refractivity contribution in [1.29, 1.82) is 0 Å². The topological polar surface area (TPSA) is 49.9 Å². The first-order valence-corrected chi connectivity index (χ1v) is 9.37. The van der Waals surface area contributed by atoms with E-state index in [4.69, 9.17) is 4.74 Å². The van der Waals surface area contributed by atoms with Crippen LogP contribution in [-0.4, -0.2) is 60.5 Å². The number of aryl methyl sites for hydroxylation is 2. The molecule has 2 aliphatic rings. The van der Waals surface area contributed by atoms with E-state index in [0.29, 0.717) is 26.1 Å². The molecule has 0 bridgehead atoms. The number of amides is 2. The lowest BCUT2D eigenvalue weighted by Crippen LogP contribution is -2.41. The highest BCUT2D eigenvalue weighted by atomic mass is 16.5. The van der Waals surface area contributed by atoms with Crippen molar-refractivity contribution in [1.82, 2.24) is 9.80 Å². The lowest BCUT2D eigenvalue weighted by Gasteiger charge is -2.24. The van der Waals surface area contributed by atoms with E-state index in [-0.39, 0.29) is 17.9 Å². The average molecular weight is 344 g/mol. The van der Waals surface area contributed by atoms with Gasteiger partial charge < -0.3 is 14.5 Å². The van der Waals surface area contributed by atoms with E-state index in [1.807, 2.05) is 15.9 Å². The zero-order valence-corrected chi connectivity index (χ0v) is 15.1. The summed E-state index contributed by atoms with van der Waals surface area (Å²) in [5.74, 6) is 0.291. The van der Waals surface area contributed by atoms with E-state index < -0.39 is 0 Å². The van der Waals surface area contributed by atoms with E-state index in [0.717, 1.165) is 38.8 Å². The normalized spacial score (nSPS) is 21.2. The van der Waals surface area contributed by atoms with Crippen molar-refractivity contribution in [2.24, 2.45) is 0 Å². The van der Waals surface area contributed by atoms with Crippen LogP contribution in [0.1, 0.15) is 36.8 Å². The average Bonchev–Trinajstić information content (AvgIpc) is 3.03. The number of rotatable bonds is 4. The molecule has 2 heterocycles. The molecular formula is C20H28N2O3. The van der Waals surface area contributed by atoms with Crippen LogP contribution in [-0.2, 0) is 20.7 Å². The van der Waals surface area contributed by atoms with E-state index in [2.05, 4.69) is 25.1 Å². The first kappa shape index (κ1) is 17.9. The second-order valence-corrected chi connectivity index (χ2v) is 7.05. The van der Waals surface area contributed by atoms with Crippen molar-refractivity contribution in [3.63, 3.8) is 0 Å². The Labute approximate surface area is 149 Å². The Balaban J connectivity index is 1.48. The van der Waals surface area contributed by atoms with Gasteiger partial charge in [-0.15, -0.1) is 0 Å². The van der Waals surface area contributed by atoms with E-state index in [1.165, 1.54) is 11.1 Å². The summed E-state index contributed by atoms with van der Waals surface area (Å²) in [5, 5.41) is 0. The third-order valence-electron chi connectivity index (χ3n) is 5.08. The maximum absolute atomic E-state index is 12.5. The monoisotopic (exact) mass is 344 g/mol. The molecule has 25 heavy (non-hydrogen) atoms. The van der Waals surface area contributed by atoms with Crippen LogP contribution in [0.2, 0.25) is 0 Å². The molecule has 5 heteroatoms. The van der Waals surface area contributed by atoms with E-state index in [1.54, 1.807) is 0 Å². The molecule has 0 aromatic heterocycles. The fourth-order valence-electron chi connectivity index (χ4n) is 3.64. The van der Waals surface area contributed by atoms with Gasteiger partial charge in [0.05, 0.1) is 0 Å². The van der Waals surface area contributed by atoms with Crippen molar-refractivity contribution in [2.75, 3.05) is 32.8 Å². The number of carbonyl (C=O) groups is 2. The Bertz CT molecular complexity index is 611. The van der Waals surface area contributed by atoms with Crippen molar-refractivity contribution in [3.05, 3.63) is 35.4 Å². The summed E-state index contributed by atoms with van der Waals surface area (Å²) in [4.78, 5) is 28.8. The number of nitrogens with zero attached hydrogens (tertiary/aromatic N) is 2. The molecule has 1 unspecified atom stereocenters. The van der Waals surface area contributed by atoms with Gasteiger partial charge in [-0.1, -0.05) is 29.8 Å². The zero-order chi connectivity index (χ0) is 17.6. The lowest BCUT2D eigenvalue weighted by molar-refractivity contribution is -0.141. The van der Waals surface area contributed by atoms with Gasteiger partial charge >= 0.3 is 0 Å². The quantitative estimate of drug-likeness (QED) is 0.841. The Morgan fingerprint density at radius 2 is 1.92 bits per heavy atom. The molecule has 3 rings (SSSR count). The number of ether oxygens (including phenoxy) is 1. The number of hydrogen-bond acceptors (Lipinski definition) is 3. The highest BCUT2D eigenvalue weighted by molar-refractivity contribution is 5.81. The van der Waals surface area contributed by atoms with Crippen LogP contribution in [0.25, 0.3) is 0 Å². The van der Waals surface area contributed by atoms with Crippen LogP contribution in [0.15, 0.2) is 24.3 Å². The molecule has 0 N–H and O–H groups in total. The van der Waals surface area contributed by atoms with Crippen molar-refractivity contribution >= 4 is 11.8 Å². The van der Waals surface area contributed by atoms with Gasteiger partial charge in [-0.25, -0.2) is 0 Å². The number of benzene rings is 1. The van der Waals surface area contributed by atoms with Crippen molar-refractivity contribution in [3.8, 4) is 0 Å². The van der Waals surface area contributed by atoms with E-state index in [9.17, 15) is 9.59 Å². The van der Waals surface area contributed by atoms with Crippen LogP contribution >= 0.6 is 0 Å². The van der Waals surface area contributed by atoms with Gasteiger partial charge in [-0.05, 0) is 38.2 Å². The fourth-order valence-corrected chi connectivity index (χ4v) is 3.64. The molecule has 2 saturated heterocycles. The maximum Gasteiger partial charge on any atom is 0.251 e. The first-order chi connectivity index (χ1) is 12.1. The largest absolute Gasteiger partial charge is 0.368 e. The van der Waals surface area contributed by atoms with Gasteiger partial charge in [0.2, 0.25) is 5.91 Å². The van der Waals surface area contributed by atoms with Gasteiger partial charge in [0.15, 0.2) is 0 Å². The molecule has 2 fully saturated rings. The molecule has 1 aromatic carbocycles. The Hall–Kier alpha value is -1.88. The summed E-state index contributed by atoms with van der Waals surface area (Å²) in [6.45, 7) is 5.47. The maximum atomic E-state index is 12.5. The second kappa shape index (κ2) is 8.48. The SMILES string of the molecule is Cc1cccc(CCC(=O)N2CCCN(C(=O)C3CCCO3)CC2)c1. The summed E-state index contributed by atoms with van der Waals surface area (Å²) < 4.78 is 5.51. The van der Waals surface area contributed by atoms with E-state index >= 15 is 0 Å². The van der Waals surface area contributed by atoms with Crippen molar-refractivity contribution in [2.45, 2.75) is 45.1 Å². The summed E-state index contributed by atoms with van der Waals surface area (Å²) in [6.07, 6.45) is 3.68. The van der Waals surface area contributed by atoms with Gasteiger partial charge in [-0.2, -0.15) is 0 Å². The molecule has 136 valence electrons. The van der Waals surface area contributed by atoms with Gasteiger partial charge in [0.1, 0.15) is 6.10 Å². The Kier molecular flexibility index (Phi) is 6.08. The molecule has 0 spiro atoms. The molecule has 1 atom stereocenters. The number of hydrogen-bond donors (Lipinski definition) is 0. The predicted molar refractivity (Wildman–Crippen MR) is 96.3 cm³/mol. The summed E-state index contributed by atoms with van der Waals surface area (Å²) in [5.41, 5.74) is 2.43. The minimum atomic E-state index is -0.261. The van der Waals surface area contributed by atoms with Crippen LogP contribution in [0.4, 0.5) is 0 Å². The molecular weight excluding hydrogens is 316 g/mol. The summed E-state index contributed by atoms with van der Waals surface area (Å²) in [7, 11) is 0. The number of carbonyl (C=O) groups excluding carboxylic acids is 2. The second-order valence-electron chi connectivity index (χ2n) is 7.05. The molecule has 0 saturated carbocycles. The minimum absolute atomic E-state index is 0.103. The first-order valence-electron chi connectivity index (χ1n) is 9.37. The van der Waals surface area contributed by atoms with Crippen molar-refractivity contribution < 1.29 is 14.3 Å². The van der Waals surface area contributed by atoms with Crippen LogP contribution in [0.5, 0.6) is 0 Å². The zero-order valence-electron chi connectivity index (χ0n) is 15.1. The Morgan fingerprint density at radius 1 is 1.12 bits per heavy atom. The fraction of sp³-hybridized carbons (Fsp3) is 0.600.